The SMILES string of the molecule is CCCCP(=O)(c1ccccc1)c1ccc2ccc3cccc4ccc1c2c34. The molecule has 0 spiro atoms. The molecule has 0 amide bonds. The average Bonchev–Trinajstić information content (AvgIpc) is 2.76. The van der Waals surface area contributed by atoms with E-state index in [-0.39, 0.29) is 0 Å². The van der Waals surface area contributed by atoms with Crippen LogP contribution in [0.5, 0.6) is 0 Å². The Bertz CT molecular complexity index is 1300. The maximum absolute atomic E-state index is 14.5. The standard InChI is InChI=1S/C26H23OP/c1-2-3-18-28(27,22-10-5-4-6-11-22)24-17-15-21-13-12-19-8-7-9-20-14-16-23(24)26(21)25(19)20/h4-17H,2-3,18H2,1H3. The maximum atomic E-state index is 14.5. The van der Waals surface area contributed by atoms with Crippen molar-refractivity contribution in [2.75, 3.05) is 6.16 Å². The summed E-state index contributed by atoms with van der Waals surface area (Å²) in [5.74, 6) is 0. The van der Waals surface area contributed by atoms with E-state index < -0.39 is 7.14 Å². The third-order valence-corrected chi connectivity index (χ3v) is 9.14. The highest BCUT2D eigenvalue weighted by Gasteiger charge is 2.29. The van der Waals surface area contributed by atoms with E-state index in [1.54, 1.807) is 0 Å². The zero-order valence-electron chi connectivity index (χ0n) is 16.1. The fraction of sp³-hybridized carbons (Fsp3) is 0.154. The van der Waals surface area contributed by atoms with E-state index in [0.717, 1.165) is 35.0 Å². The number of rotatable bonds is 5. The molecule has 0 aromatic heterocycles. The van der Waals surface area contributed by atoms with Crippen LogP contribution in [0.1, 0.15) is 19.8 Å². The van der Waals surface area contributed by atoms with Crippen molar-refractivity contribution in [3.8, 4) is 0 Å². The quantitative estimate of drug-likeness (QED) is 0.244. The van der Waals surface area contributed by atoms with Crippen LogP contribution in [0.2, 0.25) is 0 Å². The van der Waals surface area contributed by atoms with Crippen molar-refractivity contribution in [1.82, 2.24) is 0 Å². The maximum Gasteiger partial charge on any atom is 0.143 e. The Morgan fingerprint density at radius 1 is 0.679 bits per heavy atom. The molecule has 0 heterocycles. The van der Waals surface area contributed by atoms with Gasteiger partial charge in [-0.2, -0.15) is 0 Å². The van der Waals surface area contributed by atoms with Gasteiger partial charge in [0.2, 0.25) is 0 Å². The van der Waals surface area contributed by atoms with Gasteiger partial charge in [0.1, 0.15) is 7.14 Å². The lowest BCUT2D eigenvalue weighted by molar-refractivity contribution is 0.585. The second-order valence-electron chi connectivity index (χ2n) is 7.59. The normalized spacial score (nSPS) is 14.0. The summed E-state index contributed by atoms with van der Waals surface area (Å²) in [6.07, 6.45) is 2.73. The van der Waals surface area contributed by atoms with E-state index in [4.69, 9.17) is 0 Å². The Morgan fingerprint density at radius 3 is 2.04 bits per heavy atom. The molecule has 2 heteroatoms. The van der Waals surface area contributed by atoms with Gasteiger partial charge in [-0.1, -0.05) is 92.2 Å². The predicted octanol–water partition coefficient (Wildman–Crippen LogP) is 6.70. The minimum atomic E-state index is -2.70. The molecule has 28 heavy (non-hydrogen) atoms. The fourth-order valence-electron chi connectivity index (χ4n) is 4.47. The number of unbranched alkanes of at least 4 members (excludes halogenated alkanes) is 1. The van der Waals surface area contributed by atoms with Gasteiger partial charge in [-0.15, -0.1) is 0 Å². The Hall–Kier alpha value is -2.63. The molecule has 5 aromatic carbocycles. The van der Waals surface area contributed by atoms with Crippen molar-refractivity contribution in [2.24, 2.45) is 0 Å². The van der Waals surface area contributed by atoms with E-state index in [0.29, 0.717) is 0 Å². The molecule has 0 radical (unpaired) electrons. The van der Waals surface area contributed by atoms with Gasteiger partial charge in [-0.3, -0.25) is 0 Å². The minimum absolute atomic E-state index is 0.720. The van der Waals surface area contributed by atoms with E-state index in [1.165, 1.54) is 26.9 Å². The molecule has 0 aliphatic rings. The molecule has 0 saturated heterocycles. The number of hydrogen-bond donors (Lipinski definition) is 0. The lowest BCUT2D eigenvalue weighted by Crippen LogP contribution is -2.19. The van der Waals surface area contributed by atoms with Crippen LogP contribution in [0, 0.1) is 0 Å². The smallest absolute Gasteiger partial charge is 0.143 e. The van der Waals surface area contributed by atoms with Crippen molar-refractivity contribution in [3.05, 3.63) is 84.9 Å². The summed E-state index contributed by atoms with van der Waals surface area (Å²) < 4.78 is 14.5. The molecule has 0 bridgehead atoms. The van der Waals surface area contributed by atoms with Gasteiger partial charge in [0.05, 0.1) is 0 Å². The first kappa shape index (κ1) is 17.5. The lowest BCUT2D eigenvalue weighted by atomic mass is 9.94. The summed E-state index contributed by atoms with van der Waals surface area (Å²) in [4.78, 5) is 0. The van der Waals surface area contributed by atoms with Crippen LogP contribution in [0.4, 0.5) is 0 Å². The van der Waals surface area contributed by atoms with Crippen LogP contribution >= 0.6 is 7.14 Å². The first-order valence-electron chi connectivity index (χ1n) is 10.0. The van der Waals surface area contributed by atoms with Gasteiger partial charge in [0.25, 0.3) is 0 Å². The fourth-order valence-corrected chi connectivity index (χ4v) is 7.56. The molecule has 1 atom stereocenters. The largest absolute Gasteiger partial charge is 0.314 e. The van der Waals surface area contributed by atoms with E-state index in [2.05, 4.69) is 61.5 Å². The zero-order valence-corrected chi connectivity index (χ0v) is 17.0. The Kier molecular flexibility index (Phi) is 4.22. The first-order chi connectivity index (χ1) is 13.7. The summed E-state index contributed by atoms with van der Waals surface area (Å²) in [7, 11) is -2.70. The van der Waals surface area contributed by atoms with Crippen molar-refractivity contribution in [3.63, 3.8) is 0 Å². The molecule has 0 N–H and O–H groups in total. The molecule has 0 aliphatic carbocycles. The predicted molar refractivity (Wildman–Crippen MR) is 123 cm³/mol. The molecule has 0 aliphatic heterocycles. The third-order valence-electron chi connectivity index (χ3n) is 5.89. The monoisotopic (exact) mass is 382 g/mol. The highest BCUT2D eigenvalue weighted by molar-refractivity contribution is 7.79. The Balaban J connectivity index is 1.87. The van der Waals surface area contributed by atoms with Gasteiger partial charge in [0.15, 0.2) is 0 Å². The van der Waals surface area contributed by atoms with Gasteiger partial charge in [-0.25, -0.2) is 0 Å². The van der Waals surface area contributed by atoms with E-state index in [1.807, 2.05) is 30.3 Å². The molecule has 5 rings (SSSR count). The summed E-state index contributed by atoms with van der Waals surface area (Å²) in [6.45, 7) is 2.17. The van der Waals surface area contributed by atoms with Crippen LogP contribution in [-0.2, 0) is 4.57 Å². The second kappa shape index (κ2) is 6.76. The summed E-state index contributed by atoms with van der Waals surface area (Å²) in [5, 5.41) is 9.38. The summed E-state index contributed by atoms with van der Waals surface area (Å²) >= 11 is 0. The van der Waals surface area contributed by atoms with Crippen molar-refractivity contribution < 1.29 is 4.57 Å². The van der Waals surface area contributed by atoms with Crippen molar-refractivity contribution >= 4 is 50.1 Å². The van der Waals surface area contributed by atoms with Crippen molar-refractivity contribution in [2.45, 2.75) is 19.8 Å². The summed E-state index contributed by atoms with van der Waals surface area (Å²) in [5.41, 5.74) is 0. The number of benzene rings is 5. The van der Waals surface area contributed by atoms with Crippen LogP contribution in [0.15, 0.2) is 84.9 Å². The van der Waals surface area contributed by atoms with Gasteiger partial charge < -0.3 is 4.57 Å². The molecule has 0 saturated carbocycles. The number of hydrogen-bond acceptors (Lipinski definition) is 1. The highest BCUT2D eigenvalue weighted by atomic mass is 31.2. The first-order valence-corrected chi connectivity index (χ1v) is 11.9. The molecule has 0 fully saturated rings. The van der Waals surface area contributed by atoms with E-state index in [9.17, 15) is 4.57 Å². The van der Waals surface area contributed by atoms with Crippen LogP contribution in [0.25, 0.3) is 32.3 Å². The highest BCUT2D eigenvalue weighted by Crippen LogP contribution is 2.47. The van der Waals surface area contributed by atoms with Gasteiger partial charge >= 0.3 is 0 Å². The van der Waals surface area contributed by atoms with E-state index >= 15 is 0 Å². The van der Waals surface area contributed by atoms with Gasteiger partial charge in [-0.05, 0) is 44.8 Å². The topological polar surface area (TPSA) is 17.1 Å². The Morgan fingerprint density at radius 2 is 1.32 bits per heavy atom. The molecular weight excluding hydrogens is 359 g/mol. The van der Waals surface area contributed by atoms with Crippen LogP contribution < -0.4 is 10.6 Å². The molecule has 1 unspecified atom stereocenters. The van der Waals surface area contributed by atoms with Crippen molar-refractivity contribution in [1.29, 1.82) is 0 Å². The lowest BCUT2D eigenvalue weighted by Gasteiger charge is -2.22. The zero-order chi connectivity index (χ0) is 19.1. The Labute approximate surface area is 165 Å². The molecule has 5 aromatic rings. The van der Waals surface area contributed by atoms with Gasteiger partial charge in [0, 0.05) is 16.8 Å². The van der Waals surface area contributed by atoms with Crippen LogP contribution in [-0.4, -0.2) is 6.16 Å². The average molecular weight is 382 g/mol. The third kappa shape index (κ3) is 2.58. The second-order valence-corrected chi connectivity index (χ2v) is 10.5. The molecule has 138 valence electrons. The summed E-state index contributed by atoms with van der Waals surface area (Å²) in [6, 6.07) is 29.5. The molecule has 1 nitrogen and oxygen atoms in total. The minimum Gasteiger partial charge on any atom is -0.314 e. The van der Waals surface area contributed by atoms with Crippen LogP contribution in [0.3, 0.4) is 0 Å². The molecular formula is C26H23OP.